The minimum absolute atomic E-state index is 0.0865. The molecule has 1 aliphatic rings. The van der Waals surface area contributed by atoms with E-state index in [0.29, 0.717) is 22.0 Å². The molecule has 30 heavy (non-hydrogen) atoms. The maximum atomic E-state index is 12.7. The van der Waals surface area contributed by atoms with E-state index in [9.17, 15) is 9.59 Å². The molecule has 2 amide bonds. The van der Waals surface area contributed by atoms with Crippen LogP contribution in [0.1, 0.15) is 32.4 Å². The summed E-state index contributed by atoms with van der Waals surface area (Å²) in [6.07, 6.45) is 0. The normalized spacial score (nSPS) is 16.0. The number of thioether (sulfide) groups is 1. The van der Waals surface area contributed by atoms with Gasteiger partial charge in [-0.05, 0) is 73.0 Å². The predicted octanol–water partition coefficient (Wildman–Crippen LogP) is 5.99. The monoisotopic (exact) mass is 436 g/mol. The third-order valence-electron chi connectivity index (χ3n) is 4.87. The molecule has 0 unspecified atom stereocenters. The number of carbonyl (C=O) groups is 2. The Balaban J connectivity index is 1.61. The molecule has 0 aliphatic carbocycles. The fraction of sp³-hybridized carbons (Fsp3) is 0.167. The zero-order valence-corrected chi connectivity index (χ0v) is 18.3. The number of hydrogen-bond acceptors (Lipinski definition) is 3. The van der Waals surface area contributed by atoms with Crippen molar-refractivity contribution >= 4 is 46.6 Å². The van der Waals surface area contributed by atoms with E-state index in [1.165, 1.54) is 0 Å². The lowest BCUT2D eigenvalue weighted by Gasteiger charge is -2.25. The van der Waals surface area contributed by atoms with Crippen LogP contribution in [0.15, 0.2) is 66.7 Å². The summed E-state index contributed by atoms with van der Waals surface area (Å²) in [4.78, 5) is 27.1. The summed E-state index contributed by atoms with van der Waals surface area (Å²) < 4.78 is 0. The highest BCUT2D eigenvalue weighted by atomic mass is 35.5. The van der Waals surface area contributed by atoms with Crippen molar-refractivity contribution in [2.45, 2.75) is 19.2 Å². The van der Waals surface area contributed by atoms with E-state index >= 15 is 0 Å². The SMILES string of the molecule is Cc1cc(C)cc(N2C(=O)CS[C@H]2c2cccc(NC(=O)c3cccc(Cl)c3)c2)c1. The number of nitrogens with one attached hydrogen (secondary N) is 1. The molecule has 1 aliphatic heterocycles. The first-order valence-corrected chi connectivity index (χ1v) is 11.0. The largest absolute Gasteiger partial charge is 0.322 e. The fourth-order valence-electron chi connectivity index (χ4n) is 3.64. The molecule has 3 aromatic carbocycles. The number of anilines is 2. The van der Waals surface area contributed by atoms with Crippen molar-refractivity contribution in [3.05, 3.63) is 94.0 Å². The highest BCUT2D eigenvalue weighted by Gasteiger charge is 2.34. The third kappa shape index (κ3) is 4.37. The minimum Gasteiger partial charge on any atom is -0.322 e. The minimum atomic E-state index is -0.226. The topological polar surface area (TPSA) is 49.4 Å². The number of carbonyl (C=O) groups excluding carboxylic acids is 2. The first kappa shape index (κ1) is 20.5. The van der Waals surface area contributed by atoms with Crippen LogP contribution >= 0.6 is 23.4 Å². The molecule has 0 aromatic heterocycles. The van der Waals surface area contributed by atoms with Gasteiger partial charge < -0.3 is 5.32 Å². The van der Waals surface area contributed by atoms with E-state index in [1.807, 2.05) is 55.1 Å². The van der Waals surface area contributed by atoms with Crippen LogP contribution in [0.2, 0.25) is 5.02 Å². The zero-order valence-electron chi connectivity index (χ0n) is 16.7. The quantitative estimate of drug-likeness (QED) is 0.546. The first-order chi connectivity index (χ1) is 14.4. The lowest BCUT2D eigenvalue weighted by molar-refractivity contribution is -0.115. The van der Waals surface area contributed by atoms with Crippen LogP contribution in [-0.4, -0.2) is 17.6 Å². The van der Waals surface area contributed by atoms with Crippen molar-refractivity contribution in [1.29, 1.82) is 0 Å². The molecule has 0 bridgehead atoms. The van der Waals surface area contributed by atoms with Crippen molar-refractivity contribution < 1.29 is 9.59 Å². The second-order valence-corrected chi connectivity index (χ2v) is 8.87. The number of rotatable bonds is 4. The molecular formula is C24H21ClN2O2S. The summed E-state index contributed by atoms with van der Waals surface area (Å²) in [6, 6.07) is 20.6. The summed E-state index contributed by atoms with van der Waals surface area (Å²) in [7, 11) is 0. The summed E-state index contributed by atoms with van der Waals surface area (Å²) in [6.45, 7) is 4.07. The maximum absolute atomic E-state index is 12.7. The number of halogens is 1. The number of amides is 2. The van der Waals surface area contributed by atoms with Gasteiger partial charge in [-0.3, -0.25) is 14.5 Å². The molecular weight excluding hydrogens is 416 g/mol. The summed E-state index contributed by atoms with van der Waals surface area (Å²) in [5.41, 5.74) is 5.29. The Labute approximate surface area is 185 Å². The van der Waals surface area contributed by atoms with Crippen molar-refractivity contribution in [2.24, 2.45) is 0 Å². The van der Waals surface area contributed by atoms with E-state index < -0.39 is 0 Å². The van der Waals surface area contributed by atoms with Crippen LogP contribution in [0.25, 0.3) is 0 Å². The Morgan fingerprint density at radius 1 is 1.03 bits per heavy atom. The molecule has 0 spiro atoms. The van der Waals surface area contributed by atoms with Gasteiger partial charge in [0.2, 0.25) is 5.91 Å². The Morgan fingerprint density at radius 2 is 1.77 bits per heavy atom. The average Bonchev–Trinajstić information content (AvgIpc) is 3.09. The van der Waals surface area contributed by atoms with E-state index in [0.717, 1.165) is 22.4 Å². The molecule has 1 saturated heterocycles. The van der Waals surface area contributed by atoms with Gasteiger partial charge in [0.1, 0.15) is 5.37 Å². The standard InChI is InChI=1S/C24H21ClN2O2S/c1-15-9-16(2)11-21(10-15)27-22(28)14-30-24(27)18-6-4-8-20(13-18)26-23(29)17-5-3-7-19(25)12-17/h3-13,24H,14H2,1-2H3,(H,26,29)/t24-/m0/s1. The summed E-state index contributed by atoms with van der Waals surface area (Å²) >= 11 is 7.58. The van der Waals surface area contributed by atoms with Crippen LogP contribution in [-0.2, 0) is 4.79 Å². The van der Waals surface area contributed by atoms with Crippen LogP contribution in [0.4, 0.5) is 11.4 Å². The fourth-order valence-corrected chi connectivity index (χ4v) is 5.00. The Kier molecular flexibility index (Phi) is 5.84. The second kappa shape index (κ2) is 8.54. The molecule has 4 nitrogen and oxygen atoms in total. The van der Waals surface area contributed by atoms with Gasteiger partial charge in [0.15, 0.2) is 0 Å². The van der Waals surface area contributed by atoms with E-state index in [2.05, 4.69) is 11.4 Å². The molecule has 1 fully saturated rings. The maximum Gasteiger partial charge on any atom is 0.255 e. The van der Waals surface area contributed by atoms with E-state index in [1.54, 1.807) is 36.0 Å². The highest BCUT2D eigenvalue weighted by molar-refractivity contribution is 8.00. The van der Waals surface area contributed by atoms with Crippen LogP contribution in [0.5, 0.6) is 0 Å². The van der Waals surface area contributed by atoms with Gasteiger partial charge in [0.25, 0.3) is 5.91 Å². The Hall–Kier alpha value is -2.76. The number of aryl methyl sites for hydroxylation is 2. The second-order valence-electron chi connectivity index (χ2n) is 7.36. The summed E-state index contributed by atoms with van der Waals surface area (Å²) in [5.74, 6) is 0.288. The molecule has 152 valence electrons. The average molecular weight is 437 g/mol. The van der Waals surface area contributed by atoms with E-state index in [4.69, 9.17) is 11.6 Å². The lowest BCUT2D eigenvalue weighted by atomic mass is 10.1. The molecule has 1 atom stereocenters. The molecule has 1 N–H and O–H groups in total. The first-order valence-electron chi connectivity index (χ1n) is 9.59. The van der Waals surface area contributed by atoms with Gasteiger partial charge in [-0.2, -0.15) is 0 Å². The zero-order chi connectivity index (χ0) is 21.3. The van der Waals surface area contributed by atoms with Gasteiger partial charge in [-0.1, -0.05) is 35.9 Å². The van der Waals surface area contributed by atoms with Crippen LogP contribution in [0, 0.1) is 13.8 Å². The molecule has 1 heterocycles. The Morgan fingerprint density at radius 3 is 2.50 bits per heavy atom. The molecule has 4 rings (SSSR count). The lowest BCUT2D eigenvalue weighted by Crippen LogP contribution is -2.28. The third-order valence-corrected chi connectivity index (χ3v) is 6.32. The number of nitrogens with zero attached hydrogens (tertiary/aromatic N) is 1. The molecule has 3 aromatic rings. The van der Waals surface area contributed by atoms with E-state index in [-0.39, 0.29) is 17.2 Å². The Bertz CT molecular complexity index is 1110. The number of hydrogen-bond donors (Lipinski definition) is 1. The molecule has 0 saturated carbocycles. The summed E-state index contributed by atoms with van der Waals surface area (Å²) in [5, 5.41) is 3.30. The van der Waals surface area contributed by atoms with Crippen LogP contribution < -0.4 is 10.2 Å². The van der Waals surface area contributed by atoms with Crippen molar-refractivity contribution in [1.82, 2.24) is 0 Å². The van der Waals surface area contributed by atoms with Gasteiger partial charge in [-0.25, -0.2) is 0 Å². The van der Waals surface area contributed by atoms with Crippen molar-refractivity contribution in [3.8, 4) is 0 Å². The van der Waals surface area contributed by atoms with Gasteiger partial charge in [0.05, 0.1) is 5.75 Å². The van der Waals surface area contributed by atoms with Crippen molar-refractivity contribution in [2.75, 3.05) is 16.0 Å². The highest BCUT2D eigenvalue weighted by Crippen LogP contribution is 2.42. The molecule has 0 radical (unpaired) electrons. The predicted molar refractivity (Wildman–Crippen MR) is 124 cm³/mol. The smallest absolute Gasteiger partial charge is 0.255 e. The van der Waals surface area contributed by atoms with Crippen LogP contribution in [0.3, 0.4) is 0 Å². The van der Waals surface area contributed by atoms with Gasteiger partial charge in [0, 0.05) is 22.0 Å². The van der Waals surface area contributed by atoms with Gasteiger partial charge >= 0.3 is 0 Å². The van der Waals surface area contributed by atoms with Crippen molar-refractivity contribution in [3.63, 3.8) is 0 Å². The molecule has 6 heteroatoms. The van der Waals surface area contributed by atoms with Gasteiger partial charge in [-0.15, -0.1) is 11.8 Å². The number of benzene rings is 3.